The molecule has 0 unspecified atom stereocenters. The van der Waals surface area contributed by atoms with Gasteiger partial charge in [-0.1, -0.05) is 42.7 Å². The smallest absolute Gasteiger partial charge is 0.507 e. The number of benzene rings is 3. The van der Waals surface area contributed by atoms with Gasteiger partial charge in [-0.3, -0.25) is 4.79 Å². The van der Waals surface area contributed by atoms with Gasteiger partial charge in [0.25, 0.3) is 5.91 Å². The van der Waals surface area contributed by atoms with E-state index in [9.17, 15) is 27.9 Å². The summed E-state index contributed by atoms with van der Waals surface area (Å²) < 4.78 is 42.3. The number of aromatic nitrogens is 2. The van der Waals surface area contributed by atoms with Gasteiger partial charge in [-0.2, -0.15) is 9.78 Å². The molecule has 3 N–H and O–H groups in total. The van der Waals surface area contributed by atoms with E-state index in [0.29, 0.717) is 17.8 Å². The molecule has 0 saturated heterocycles. The van der Waals surface area contributed by atoms with E-state index in [1.807, 2.05) is 37.3 Å². The summed E-state index contributed by atoms with van der Waals surface area (Å²) in [7, 11) is 0. The summed E-state index contributed by atoms with van der Waals surface area (Å²) in [5.41, 5.74) is 4.03. The van der Waals surface area contributed by atoms with E-state index in [-0.39, 0.29) is 28.9 Å². The first-order valence-electron chi connectivity index (χ1n) is 13.5. The van der Waals surface area contributed by atoms with Gasteiger partial charge in [0.2, 0.25) is 0 Å². The van der Waals surface area contributed by atoms with Crippen molar-refractivity contribution in [2.45, 2.75) is 51.4 Å². The van der Waals surface area contributed by atoms with E-state index in [1.54, 1.807) is 12.1 Å². The van der Waals surface area contributed by atoms with Gasteiger partial charge in [-0.25, -0.2) is 4.79 Å². The number of nitrogens with zero attached hydrogens (tertiary/aromatic N) is 2. The summed E-state index contributed by atoms with van der Waals surface area (Å²) in [6.45, 7) is 2.34. The molecule has 0 radical (unpaired) electrons. The number of amides is 2. The van der Waals surface area contributed by atoms with Gasteiger partial charge >= 0.3 is 12.4 Å². The normalized spacial score (nSPS) is 13.6. The molecule has 1 aliphatic rings. The van der Waals surface area contributed by atoms with Crippen LogP contribution in [-0.2, 0) is 6.54 Å². The number of hydrogen-bond donors (Lipinski definition) is 3. The third-order valence-electron chi connectivity index (χ3n) is 7.15. The number of ether oxygens (including phenoxy) is 1. The second-order valence-corrected chi connectivity index (χ2v) is 10.3. The van der Waals surface area contributed by atoms with Crippen molar-refractivity contribution < 1.29 is 32.6 Å². The van der Waals surface area contributed by atoms with Crippen molar-refractivity contribution in [1.29, 1.82) is 0 Å². The maximum Gasteiger partial charge on any atom is 0.573 e. The topological polar surface area (TPSA) is 105 Å². The van der Waals surface area contributed by atoms with Crippen molar-refractivity contribution in [1.82, 2.24) is 15.1 Å². The summed E-state index contributed by atoms with van der Waals surface area (Å²) in [6, 6.07) is 18.3. The lowest BCUT2D eigenvalue weighted by Crippen LogP contribution is -2.30. The van der Waals surface area contributed by atoms with Crippen molar-refractivity contribution in [3.05, 3.63) is 95.2 Å². The molecular formula is C31H29F3N4O4. The van der Waals surface area contributed by atoms with Gasteiger partial charge in [-0.15, -0.1) is 13.2 Å². The molecular weight excluding hydrogens is 549 g/mol. The molecule has 0 bridgehead atoms. The van der Waals surface area contributed by atoms with Crippen LogP contribution in [0.25, 0.3) is 11.3 Å². The SMILES string of the molecule is Cc1ccc(CNC(=O)n2nc(-c3ccc(NC(=O)c4ccc(OC(F)(F)F)cc4)cc3O)cc2C2CCCC2)cc1. The second kappa shape index (κ2) is 12.0. The molecule has 11 heteroatoms. The number of halogens is 3. The number of carbonyl (C=O) groups excluding carboxylic acids is 2. The Hall–Kier alpha value is -4.80. The number of phenolic OH excluding ortho intramolecular Hbond substituents is 1. The zero-order chi connectivity index (χ0) is 29.9. The molecule has 0 atom stereocenters. The largest absolute Gasteiger partial charge is 0.573 e. The van der Waals surface area contributed by atoms with Gasteiger partial charge in [-0.05, 0) is 67.8 Å². The molecule has 42 heavy (non-hydrogen) atoms. The predicted molar refractivity (Wildman–Crippen MR) is 150 cm³/mol. The minimum absolute atomic E-state index is 0.102. The third kappa shape index (κ3) is 6.91. The molecule has 1 heterocycles. The molecule has 3 aromatic carbocycles. The van der Waals surface area contributed by atoms with Crippen LogP contribution in [0.2, 0.25) is 0 Å². The van der Waals surface area contributed by atoms with Crippen LogP contribution in [0.5, 0.6) is 11.5 Å². The van der Waals surface area contributed by atoms with Gasteiger partial charge < -0.3 is 20.5 Å². The zero-order valence-electron chi connectivity index (χ0n) is 22.7. The zero-order valence-corrected chi connectivity index (χ0v) is 22.7. The highest BCUT2D eigenvalue weighted by Crippen LogP contribution is 2.38. The van der Waals surface area contributed by atoms with Crippen molar-refractivity contribution in [3.8, 4) is 22.8 Å². The van der Waals surface area contributed by atoms with Crippen LogP contribution in [0.3, 0.4) is 0 Å². The lowest BCUT2D eigenvalue weighted by atomic mass is 10.0. The lowest BCUT2D eigenvalue weighted by Gasteiger charge is -2.12. The standard InChI is InChI=1S/C31H29F3N4O4/c1-19-6-8-20(9-7-19)18-35-30(41)38-27(21-4-2-3-5-21)17-26(37-38)25-15-12-23(16-28(25)39)36-29(40)22-10-13-24(14-11-22)42-31(32,33)34/h6-17,21,39H,2-5,18H2,1H3,(H,35,41)(H,36,40). The lowest BCUT2D eigenvalue weighted by molar-refractivity contribution is -0.274. The van der Waals surface area contributed by atoms with Crippen LogP contribution >= 0.6 is 0 Å². The highest BCUT2D eigenvalue weighted by molar-refractivity contribution is 6.04. The number of phenols is 1. The highest BCUT2D eigenvalue weighted by atomic mass is 19.4. The van der Waals surface area contributed by atoms with E-state index in [1.165, 1.54) is 22.9 Å². The summed E-state index contributed by atoms with van der Waals surface area (Å²) in [5, 5.41) is 20.9. The van der Waals surface area contributed by atoms with Crippen LogP contribution < -0.4 is 15.4 Å². The first-order chi connectivity index (χ1) is 20.1. The minimum Gasteiger partial charge on any atom is -0.507 e. The molecule has 218 valence electrons. The Morgan fingerprint density at radius 1 is 1.00 bits per heavy atom. The second-order valence-electron chi connectivity index (χ2n) is 10.3. The molecule has 4 aromatic rings. The first kappa shape index (κ1) is 28.7. The Labute approximate surface area is 240 Å². The summed E-state index contributed by atoms with van der Waals surface area (Å²) in [5.74, 6) is -1.02. The predicted octanol–water partition coefficient (Wildman–Crippen LogP) is 7.13. The molecule has 0 aliphatic heterocycles. The average Bonchev–Trinajstić information content (AvgIpc) is 3.63. The molecule has 5 rings (SSSR count). The van der Waals surface area contributed by atoms with E-state index >= 15 is 0 Å². The van der Waals surface area contributed by atoms with Gasteiger partial charge in [0.15, 0.2) is 0 Å². The van der Waals surface area contributed by atoms with Crippen LogP contribution in [0, 0.1) is 6.92 Å². The molecule has 0 spiro atoms. The molecule has 8 nitrogen and oxygen atoms in total. The van der Waals surface area contributed by atoms with Crippen LogP contribution in [0.15, 0.2) is 72.8 Å². The van der Waals surface area contributed by atoms with Crippen LogP contribution in [0.1, 0.15) is 58.8 Å². The summed E-state index contributed by atoms with van der Waals surface area (Å²) >= 11 is 0. The van der Waals surface area contributed by atoms with Crippen molar-refractivity contribution >= 4 is 17.6 Å². The van der Waals surface area contributed by atoms with Crippen molar-refractivity contribution in [3.63, 3.8) is 0 Å². The Morgan fingerprint density at radius 3 is 2.33 bits per heavy atom. The third-order valence-corrected chi connectivity index (χ3v) is 7.15. The fraction of sp³-hybridized carbons (Fsp3) is 0.258. The summed E-state index contributed by atoms with van der Waals surface area (Å²) in [6.07, 6.45) is -0.822. The fourth-order valence-electron chi connectivity index (χ4n) is 5.00. The Bertz CT molecular complexity index is 1580. The molecule has 1 aromatic heterocycles. The number of rotatable bonds is 7. The number of aryl methyl sites for hydroxylation is 1. The maximum absolute atomic E-state index is 13.2. The van der Waals surface area contributed by atoms with Crippen molar-refractivity contribution in [2.75, 3.05) is 5.32 Å². The number of hydrogen-bond acceptors (Lipinski definition) is 5. The van der Waals surface area contributed by atoms with E-state index in [2.05, 4.69) is 20.5 Å². The van der Waals surface area contributed by atoms with Gasteiger partial charge in [0, 0.05) is 35.3 Å². The van der Waals surface area contributed by atoms with Gasteiger partial charge in [0.1, 0.15) is 11.5 Å². The quantitative estimate of drug-likeness (QED) is 0.216. The summed E-state index contributed by atoms with van der Waals surface area (Å²) in [4.78, 5) is 25.8. The van der Waals surface area contributed by atoms with E-state index in [0.717, 1.165) is 54.6 Å². The number of nitrogens with one attached hydrogen (secondary N) is 2. The Morgan fingerprint density at radius 2 is 1.69 bits per heavy atom. The van der Waals surface area contributed by atoms with E-state index in [4.69, 9.17) is 0 Å². The molecule has 1 fully saturated rings. The molecule has 1 saturated carbocycles. The highest BCUT2D eigenvalue weighted by Gasteiger charge is 2.31. The minimum atomic E-state index is -4.83. The number of aromatic hydroxyl groups is 1. The average molecular weight is 579 g/mol. The van der Waals surface area contributed by atoms with Gasteiger partial charge in [0.05, 0.1) is 11.4 Å². The molecule has 1 aliphatic carbocycles. The maximum atomic E-state index is 13.2. The van der Waals surface area contributed by atoms with Crippen LogP contribution in [-0.4, -0.2) is 33.2 Å². The number of anilines is 1. The number of alkyl halides is 3. The first-order valence-corrected chi connectivity index (χ1v) is 13.5. The Kier molecular flexibility index (Phi) is 8.19. The Balaban J connectivity index is 1.32. The van der Waals surface area contributed by atoms with E-state index < -0.39 is 18.0 Å². The fourth-order valence-corrected chi connectivity index (χ4v) is 5.00. The number of carbonyl (C=O) groups is 2. The molecule has 2 amide bonds. The monoisotopic (exact) mass is 578 g/mol. The van der Waals surface area contributed by atoms with Crippen molar-refractivity contribution in [2.24, 2.45) is 0 Å². The van der Waals surface area contributed by atoms with Crippen LogP contribution in [0.4, 0.5) is 23.7 Å².